The van der Waals surface area contributed by atoms with E-state index in [-0.39, 0.29) is 42.4 Å². The van der Waals surface area contributed by atoms with Crippen LogP contribution >= 0.6 is 11.6 Å². The maximum absolute atomic E-state index is 13.3. The zero-order valence-corrected chi connectivity index (χ0v) is 23.1. The number of imidazole rings is 1. The number of piperidine rings is 1. The Morgan fingerprint density at radius 2 is 1.88 bits per heavy atom. The number of amides is 2. The molecule has 1 unspecified atom stereocenters. The Morgan fingerprint density at radius 3 is 2.63 bits per heavy atom. The molecule has 1 saturated heterocycles. The highest BCUT2D eigenvalue weighted by Gasteiger charge is 2.41. The van der Waals surface area contributed by atoms with Gasteiger partial charge in [-0.15, -0.1) is 0 Å². The minimum absolute atomic E-state index is 0.0126. The monoisotopic (exact) mass is 576 g/mol. The number of nitrogens with zero attached hydrogens (tertiary/aromatic N) is 3. The number of ether oxygens (including phenoxy) is 1. The number of carbonyl (C=O) groups excluding carboxylic acids is 2. The second-order valence-corrected chi connectivity index (χ2v) is 10.9. The molecule has 0 saturated carbocycles. The average Bonchev–Trinajstić information content (AvgIpc) is 3.47. The number of H-pyrrole nitrogens is 2. The van der Waals surface area contributed by atoms with Gasteiger partial charge in [0.05, 0.1) is 27.8 Å². The summed E-state index contributed by atoms with van der Waals surface area (Å²) in [7, 11) is 2.03. The van der Waals surface area contributed by atoms with Crippen LogP contribution < -0.4 is 15.6 Å². The van der Waals surface area contributed by atoms with Crippen LogP contribution in [0.25, 0.3) is 22.4 Å². The van der Waals surface area contributed by atoms with Gasteiger partial charge in [-0.2, -0.15) is 0 Å². The zero-order chi connectivity index (χ0) is 28.7. The van der Waals surface area contributed by atoms with Crippen LogP contribution in [0.2, 0.25) is 5.02 Å². The van der Waals surface area contributed by atoms with Gasteiger partial charge >= 0.3 is 0 Å². The second-order valence-electron chi connectivity index (χ2n) is 10.4. The molecule has 12 heteroatoms. The van der Waals surface area contributed by atoms with Crippen molar-refractivity contribution < 1.29 is 19.4 Å². The van der Waals surface area contributed by atoms with Crippen molar-refractivity contribution in [2.45, 2.75) is 25.0 Å². The van der Waals surface area contributed by atoms with Gasteiger partial charge in [0.15, 0.2) is 0 Å². The minimum atomic E-state index is -0.885. The lowest BCUT2D eigenvalue weighted by Crippen LogP contribution is -2.46. The SMILES string of the molecule is CN1CCC(N2C(=O)c3cc4nc(-c5c(NCC(O)COc6cccc(Cl)c6)cc[nH]c5=O)[nH]c4cc3C2=O)CC1. The predicted molar refractivity (Wildman–Crippen MR) is 155 cm³/mol. The lowest BCUT2D eigenvalue weighted by molar-refractivity contribution is 0.0516. The molecule has 41 heavy (non-hydrogen) atoms. The number of aromatic amines is 2. The van der Waals surface area contributed by atoms with E-state index in [4.69, 9.17) is 16.3 Å². The fourth-order valence-corrected chi connectivity index (χ4v) is 5.54. The fraction of sp³-hybridized carbons (Fsp3) is 0.310. The topological polar surface area (TPSA) is 144 Å². The molecule has 2 aliphatic rings. The van der Waals surface area contributed by atoms with E-state index in [0.29, 0.717) is 38.6 Å². The van der Waals surface area contributed by atoms with Crippen molar-refractivity contribution in [3.05, 3.63) is 75.2 Å². The number of carbonyl (C=O) groups is 2. The lowest BCUT2D eigenvalue weighted by Gasteiger charge is -2.33. The predicted octanol–water partition coefficient (Wildman–Crippen LogP) is 3.11. The molecular weight excluding hydrogens is 548 g/mol. The van der Waals surface area contributed by atoms with Gasteiger partial charge in [-0.25, -0.2) is 4.98 Å². The van der Waals surface area contributed by atoms with Crippen molar-refractivity contribution in [1.29, 1.82) is 0 Å². The van der Waals surface area contributed by atoms with Crippen LogP contribution in [0, 0.1) is 0 Å². The summed E-state index contributed by atoms with van der Waals surface area (Å²) in [6.07, 6.45) is 2.10. The molecule has 4 aromatic rings. The van der Waals surface area contributed by atoms with Crippen molar-refractivity contribution in [3.63, 3.8) is 0 Å². The highest BCUT2D eigenvalue weighted by molar-refractivity contribution is 6.30. The Bertz CT molecular complexity index is 1640. The molecule has 4 heterocycles. The number of rotatable bonds is 8. The second kappa shape index (κ2) is 11.0. The van der Waals surface area contributed by atoms with E-state index in [9.17, 15) is 19.5 Å². The van der Waals surface area contributed by atoms with Crippen molar-refractivity contribution in [2.75, 3.05) is 38.6 Å². The summed E-state index contributed by atoms with van der Waals surface area (Å²) in [5, 5.41) is 14.1. The number of halogens is 1. The first-order chi connectivity index (χ1) is 19.8. The largest absolute Gasteiger partial charge is 0.491 e. The summed E-state index contributed by atoms with van der Waals surface area (Å²) in [6, 6.07) is 11.7. The summed E-state index contributed by atoms with van der Waals surface area (Å²) in [6.45, 7) is 1.77. The maximum atomic E-state index is 13.3. The minimum Gasteiger partial charge on any atom is -0.491 e. The summed E-state index contributed by atoms with van der Waals surface area (Å²) in [5.74, 6) is 0.199. The van der Waals surface area contributed by atoms with Crippen LogP contribution in [0.5, 0.6) is 5.75 Å². The van der Waals surface area contributed by atoms with E-state index in [1.807, 2.05) is 7.05 Å². The van der Waals surface area contributed by atoms with Gasteiger partial charge in [-0.1, -0.05) is 17.7 Å². The van der Waals surface area contributed by atoms with E-state index in [1.165, 1.54) is 11.1 Å². The Hall–Kier alpha value is -4.19. The standard InChI is InChI=1S/C29H29ClN6O5/c1-35-9-6-17(7-10-35)36-28(39)20-12-23-24(13-21(20)29(36)40)34-26(33-23)25-22(5-8-31-27(25)38)32-14-18(37)15-41-19-4-2-3-16(30)11-19/h2-5,8,11-13,17-18,37H,6-7,9-10,14-15H2,1H3,(H,33,34)(H2,31,32,38). The summed E-state index contributed by atoms with van der Waals surface area (Å²) in [4.78, 5) is 53.4. The highest BCUT2D eigenvalue weighted by Crippen LogP contribution is 2.32. The van der Waals surface area contributed by atoms with Gasteiger partial charge in [-0.05, 0) is 69.4 Å². The normalized spacial score (nSPS) is 16.8. The third kappa shape index (κ3) is 5.31. The van der Waals surface area contributed by atoms with E-state index in [1.54, 1.807) is 42.5 Å². The number of benzene rings is 2. The van der Waals surface area contributed by atoms with Gasteiger partial charge in [0.2, 0.25) is 0 Å². The van der Waals surface area contributed by atoms with E-state index >= 15 is 0 Å². The van der Waals surface area contributed by atoms with E-state index in [0.717, 1.165) is 25.9 Å². The van der Waals surface area contributed by atoms with E-state index < -0.39 is 11.7 Å². The zero-order valence-electron chi connectivity index (χ0n) is 22.3. The molecule has 2 amide bonds. The van der Waals surface area contributed by atoms with Crippen LogP contribution in [0.4, 0.5) is 5.69 Å². The van der Waals surface area contributed by atoms with E-state index in [2.05, 4.69) is 25.2 Å². The van der Waals surface area contributed by atoms with Crippen LogP contribution in [0.3, 0.4) is 0 Å². The van der Waals surface area contributed by atoms with Gasteiger partial charge in [0.25, 0.3) is 17.4 Å². The molecule has 6 rings (SSSR count). The molecule has 1 atom stereocenters. The fourth-order valence-electron chi connectivity index (χ4n) is 5.36. The summed E-state index contributed by atoms with van der Waals surface area (Å²) < 4.78 is 5.60. The Balaban J connectivity index is 1.21. The number of aliphatic hydroxyl groups is 1. The molecule has 0 spiro atoms. The van der Waals surface area contributed by atoms with Crippen LogP contribution in [0.15, 0.2) is 53.5 Å². The smallest absolute Gasteiger partial charge is 0.261 e. The molecule has 2 aromatic carbocycles. The first-order valence-corrected chi connectivity index (χ1v) is 13.8. The number of anilines is 1. The molecule has 0 aliphatic carbocycles. The van der Waals surface area contributed by atoms with Crippen LogP contribution in [-0.4, -0.2) is 87.1 Å². The number of fused-ring (bicyclic) bond motifs is 2. The third-order valence-electron chi connectivity index (χ3n) is 7.54. The number of likely N-dealkylation sites (tertiary alicyclic amines) is 1. The first-order valence-electron chi connectivity index (χ1n) is 13.4. The number of nitrogens with one attached hydrogen (secondary N) is 3. The molecule has 212 valence electrons. The Labute approximate surface area is 240 Å². The summed E-state index contributed by atoms with van der Waals surface area (Å²) in [5.41, 5.74) is 1.94. The Morgan fingerprint density at radius 1 is 1.12 bits per heavy atom. The van der Waals surface area contributed by atoms with Gasteiger partial charge in [-0.3, -0.25) is 19.3 Å². The van der Waals surface area contributed by atoms with Crippen molar-refractivity contribution >= 4 is 40.1 Å². The molecule has 2 aliphatic heterocycles. The van der Waals surface area contributed by atoms with Crippen LogP contribution in [-0.2, 0) is 0 Å². The molecule has 4 N–H and O–H groups in total. The molecular formula is C29H29ClN6O5. The number of hydrogen-bond acceptors (Lipinski definition) is 8. The molecule has 2 aromatic heterocycles. The first kappa shape index (κ1) is 27.0. The number of aromatic nitrogens is 3. The molecule has 1 fully saturated rings. The lowest BCUT2D eigenvalue weighted by atomic mass is 10.0. The van der Waals surface area contributed by atoms with Gasteiger partial charge < -0.3 is 30.0 Å². The van der Waals surface area contributed by atoms with Crippen molar-refractivity contribution in [3.8, 4) is 17.1 Å². The Kier molecular flexibility index (Phi) is 7.24. The number of pyridine rings is 1. The summed E-state index contributed by atoms with van der Waals surface area (Å²) >= 11 is 5.97. The molecule has 0 bridgehead atoms. The third-order valence-corrected chi connectivity index (χ3v) is 7.77. The quantitative estimate of drug-likeness (QED) is 0.234. The molecule has 11 nitrogen and oxygen atoms in total. The van der Waals surface area contributed by atoms with Gasteiger partial charge in [0, 0.05) is 23.8 Å². The number of aliphatic hydroxyl groups excluding tert-OH is 1. The van der Waals surface area contributed by atoms with Crippen molar-refractivity contribution in [1.82, 2.24) is 24.8 Å². The maximum Gasteiger partial charge on any atom is 0.261 e. The number of imide groups is 1. The average molecular weight is 577 g/mol. The van der Waals surface area contributed by atoms with Crippen LogP contribution in [0.1, 0.15) is 33.6 Å². The van der Waals surface area contributed by atoms with Gasteiger partial charge in [0.1, 0.15) is 29.8 Å². The molecule has 0 radical (unpaired) electrons. The van der Waals surface area contributed by atoms with Crippen molar-refractivity contribution in [2.24, 2.45) is 0 Å². The number of hydrogen-bond donors (Lipinski definition) is 4. The highest BCUT2D eigenvalue weighted by atomic mass is 35.5.